The van der Waals surface area contributed by atoms with Crippen molar-refractivity contribution in [2.24, 2.45) is 0 Å². The SMILES string of the molecule is COC(=O)[C@@H]1c2nn(CCc3ccccc3)cc2[C@H]2CN1C(=O)N2O. The number of ether oxygens (including phenoxy) is 1. The van der Waals surface area contributed by atoms with Gasteiger partial charge in [0.15, 0.2) is 6.04 Å². The number of hydroxylamine groups is 2. The Morgan fingerprint density at radius 2 is 2.12 bits per heavy atom. The van der Waals surface area contributed by atoms with Crippen LogP contribution in [-0.4, -0.2) is 50.6 Å². The second-order valence-electron chi connectivity index (χ2n) is 6.19. The minimum Gasteiger partial charge on any atom is -0.467 e. The third-order valence-electron chi connectivity index (χ3n) is 4.75. The molecule has 3 heterocycles. The molecule has 1 N–H and O–H groups in total. The van der Waals surface area contributed by atoms with Crippen LogP contribution < -0.4 is 0 Å². The molecule has 2 atom stereocenters. The Hall–Kier alpha value is -2.87. The molecule has 8 nitrogen and oxygen atoms in total. The van der Waals surface area contributed by atoms with Gasteiger partial charge >= 0.3 is 12.0 Å². The Labute approximate surface area is 144 Å². The van der Waals surface area contributed by atoms with Gasteiger partial charge in [-0.25, -0.2) is 9.59 Å². The Kier molecular flexibility index (Phi) is 3.69. The number of rotatable bonds is 4. The van der Waals surface area contributed by atoms with E-state index >= 15 is 0 Å². The molecule has 1 aromatic heterocycles. The molecule has 0 unspecified atom stereocenters. The highest BCUT2D eigenvalue weighted by molar-refractivity contribution is 5.87. The number of methoxy groups -OCH3 is 1. The molecule has 2 bridgehead atoms. The Balaban J connectivity index is 1.64. The molecule has 2 aromatic rings. The minimum atomic E-state index is -0.918. The van der Waals surface area contributed by atoms with Crippen molar-refractivity contribution >= 4 is 12.0 Å². The average Bonchev–Trinajstić information content (AvgIpc) is 3.17. The van der Waals surface area contributed by atoms with Crippen molar-refractivity contribution in [1.29, 1.82) is 0 Å². The van der Waals surface area contributed by atoms with Gasteiger partial charge in [-0.1, -0.05) is 30.3 Å². The van der Waals surface area contributed by atoms with Crippen LogP contribution in [0.15, 0.2) is 36.5 Å². The quantitative estimate of drug-likeness (QED) is 0.672. The molecule has 2 aliphatic rings. The number of fused-ring (bicyclic) bond motifs is 4. The third-order valence-corrected chi connectivity index (χ3v) is 4.75. The molecule has 0 saturated carbocycles. The number of hydrogen-bond acceptors (Lipinski definition) is 5. The van der Waals surface area contributed by atoms with Gasteiger partial charge < -0.3 is 9.64 Å². The van der Waals surface area contributed by atoms with Crippen molar-refractivity contribution < 1.29 is 19.5 Å². The van der Waals surface area contributed by atoms with Crippen LogP contribution in [0.5, 0.6) is 0 Å². The van der Waals surface area contributed by atoms with Crippen LogP contribution in [0.3, 0.4) is 0 Å². The zero-order valence-corrected chi connectivity index (χ0v) is 13.7. The zero-order chi connectivity index (χ0) is 17.6. The fourth-order valence-corrected chi connectivity index (χ4v) is 3.47. The fourth-order valence-electron chi connectivity index (χ4n) is 3.47. The normalized spacial score (nSPS) is 21.4. The van der Waals surface area contributed by atoms with E-state index in [9.17, 15) is 14.8 Å². The van der Waals surface area contributed by atoms with Crippen molar-refractivity contribution in [3.63, 3.8) is 0 Å². The predicted molar refractivity (Wildman–Crippen MR) is 85.6 cm³/mol. The lowest BCUT2D eigenvalue weighted by Crippen LogP contribution is -2.39. The predicted octanol–water partition coefficient (Wildman–Crippen LogP) is 1.52. The van der Waals surface area contributed by atoms with E-state index in [-0.39, 0.29) is 6.54 Å². The van der Waals surface area contributed by atoms with Gasteiger partial charge in [0.1, 0.15) is 11.7 Å². The lowest BCUT2D eigenvalue weighted by atomic mass is 9.98. The van der Waals surface area contributed by atoms with E-state index in [0.717, 1.165) is 6.42 Å². The Bertz CT molecular complexity index is 819. The molecule has 8 heteroatoms. The molecule has 25 heavy (non-hydrogen) atoms. The van der Waals surface area contributed by atoms with Crippen LogP contribution in [0.4, 0.5) is 4.79 Å². The number of nitrogens with zero attached hydrogens (tertiary/aromatic N) is 4. The van der Waals surface area contributed by atoms with Crippen molar-refractivity contribution in [3.05, 3.63) is 53.3 Å². The summed E-state index contributed by atoms with van der Waals surface area (Å²) in [6.45, 7) is 0.878. The summed E-state index contributed by atoms with van der Waals surface area (Å²) in [6, 6.07) is 8.00. The van der Waals surface area contributed by atoms with Crippen LogP contribution in [0.1, 0.15) is 28.9 Å². The minimum absolute atomic E-state index is 0.243. The summed E-state index contributed by atoms with van der Waals surface area (Å²) in [5.41, 5.74) is 2.35. The van der Waals surface area contributed by atoms with Crippen molar-refractivity contribution in [2.45, 2.75) is 25.0 Å². The van der Waals surface area contributed by atoms with E-state index in [1.54, 1.807) is 10.9 Å². The van der Waals surface area contributed by atoms with Crippen LogP contribution in [-0.2, 0) is 22.5 Å². The maximum Gasteiger partial charge on any atom is 0.345 e. The first-order chi connectivity index (χ1) is 12.1. The summed E-state index contributed by atoms with van der Waals surface area (Å²) in [4.78, 5) is 25.6. The van der Waals surface area contributed by atoms with E-state index in [1.165, 1.54) is 17.6 Å². The van der Waals surface area contributed by atoms with Gasteiger partial charge in [0, 0.05) is 18.3 Å². The van der Waals surface area contributed by atoms with Crippen molar-refractivity contribution in [2.75, 3.05) is 13.7 Å². The Morgan fingerprint density at radius 3 is 2.84 bits per heavy atom. The molecule has 130 valence electrons. The molecule has 2 aliphatic heterocycles. The molecular formula is C17H18N4O4. The van der Waals surface area contributed by atoms with Crippen molar-refractivity contribution in [1.82, 2.24) is 19.7 Å². The average molecular weight is 342 g/mol. The number of aryl methyl sites for hydroxylation is 2. The lowest BCUT2D eigenvalue weighted by molar-refractivity contribution is -0.146. The second kappa shape index (κ2) is 5.89. The smallest absolute Gasteiger partial charge is 0.345 e. The summed E-state index contributed by atoms with van der Waals surface area (Å²) in [7, 11) is 1.28. The first-order valence-corrected chi connectivity index (χ1v) is 8.08. The first-order valence-electron chi connectivity index (χ1n) is 8.08. The third kappa shape index (κ3) is 2.45. The van der Waals surface area contributed by atoms with Crippen molar-refractivity contribution in [3.8, 4) is 0 Å². The number of carbonyl (C=O) groups is 2. The highest BCUT2D eigenvalue weighted by Gasteiger charge is 2.52. The number of carbonyl (C=O) groups excluding carboxylic acids is 2. The van der Waals surface area contributed by atoms with Gasteiger partial charge in [-0.2, -0.15) is 10.2 Å². The molecule has 4 rings (SSSR count). The van der Waals surface area contributed by atoms with Gasteiger partial charge in [-0.05, 0) is 12.0 Å². The topological polar surface area (TPSA) is 87.9 Å². The number of aromatic nitrogens is 2. The molecule has 1 aromatic carbocycles. The highest BCUT2D eigenvalue weighted by atomic mass is 16.5. The maximum atomic E-state index is 12.2. The molecule has 0 spiro atoms. The van der Waals surface area contributed by atoms with Crippen LogP contribution in [0.2, 0.25) is 0 Å². The zero-order valence-electron chi connectivity index (χ0n) is 13.7. The van der Waals surface area contributed by atoms with E-state index < -0.39 is 24.1 Å². The maximum absolute atomic E-state index is 12.2. The van der Waals surface area contributed by atoms with Crippen LogP contribution in [0, 0.1) is 0 Å². The summed E-state index contributed by atoms with van der Waals surface area (Å²) >= 11 is 0. The molecule has 0 aliphatic carbocycles. The number of esters is 1. The largest absolute Gasteiger partial charge is 0.467 e. The molecule has 0 radical (unpaired) electrons. The number of amides is 2. The van der Waals surface area contributed by atoms with Gasteiger partial charge in [-0.15, -0.1) is 0 Å². The number of benzene rings is 1. The molecular weight excluding hydrogens is 324 g/mol. The fraction of sp³-hybridized carbons (Fsp3) is 0.353. The van der Waals surface area contributed by atoms with E-state index in [4.69, 9.17) is 4.74 Å². The summed E-state index contributed by atoms with van der Waals surface area (Å²) in [6.07, 6.45) is 2.60. The monoisotopic (exact) mass is 342 g/mol. The van der Waals surface area contributed by atoms with Gasteiger partial charge in [0.25, 0.3) is 0 Å². The summed E-state index contributed by atoms with van der Waals surface area (Å²) in [5, 5.41) is 15.2. The number of urea groups is 1. The molecule has 1 fully saturated rings. The first kappa shape index (κ1) is 15.6. The van der Waals surface area contributed by atoms with Crippen LogP contribution >= 0.6 is 0 Å². The highest BCUT2D eigenvalue weighted by Crippen LogP contribution is 2.42. The summed E-state index contributed by atoms with van der Waals surface area (Å²) in [5.74, 6) is -0.559. The van der Waals surface area contributed by atoms with E-state index in [2.05, 4.69) is 5.10 Å². The molecule has 2 amide bonds. The Morgan fingerprint density at radius 1 is 1.36 bits per heavy atom. The van der Waals surface area contributed by atoms with Crippen LogP contribution in [0.25, 0.3) is 0 Å². The lowest BCUT2D eigenvalue weighted by Gasteiger charge is -2.27. The van der Waals surface area contributed by atoms with E-state index in [0.29, 0.717) is 22.9 Å². The summed E-state index contributed by atoms with van der Waals surface area (Å²) < 4.78 is 6.59. The standard InChI is InChI=1S/C17H18N4O4/c1-25-16(22)15-14-12(13-10-20(15)17(23)21(13)24)9-19(18-14)8-7-11-5-3-2-4-6-11/h2-6,9,13,15,24H,7-8,10H2,1H3/t13-,15+/m1/s1. The van der Waals surface area contributed by atoms with Gasteiger partial charge in [0.05, 0.1) is 13.7 Å². The number of hydrogen-bond donors (Lipinski definition) is 1. The second-order valence-corrected chi connectivity index (χ2v) is 6.19. The van der Waals surface area contributed by atoms with Gasteiger partial charge in [0.2, 0.25) is 0 Å². The molecule has 1 saturated heterocycles. The van der Waals surface area contributed by atoms with E-state index in [1.807, 2.05) is 30.3 Å². The van der Waals surface area contributed by atoms with Gasteiger partial charge in [-0.3, -0.25) is 9.89 Å².